The molecule has 166 valence electrons. The van der Waals surface area contributed by atoms with E-state index in [-0.39, 0.29) is 29.5 Å². The zero-order valence-corrected chi connectivity index (χ0v) is 17.7. The third-order valence-corrected chi connectivity index (χ3v) is 5.97. The molecule has 1 amide bonds. The topological polar surface area (TPSA) is 148 Å². The van der Waals surface area contributed by atoms with Crippen LogP contribution in [0.25, 0.3) is 0 Å². The van der Waals surface area contributed by atoms with Crippen molar-refractivity contribution in [2.24, 2.45) is 5.14 Å². The lowest BCUT2D eigenvalue weighted by Gasteiger charge is -2.17. The Labute approximate surface area is 180 Å². The van der Waals surface area contributed by atoms with Crippen LogP contribution in [0.1, 0.15) is 24.8 Å². The second kappa shape index (κ2) is 9.75. The summed E-state index contributed by atoms with van der Waals surface area (Å²) in [4.78, 5) is 24.6. The molecule has 2 aromatic carbocycles. The highest BCUT2D eigenvalue weighted by atomic mass is 32.2. The summed E-state index contributed by atoms with van der Waals surface area (Å²) in [6.07, 6.45) is 2.52. The molecule has 0 spiro atoms. The summed E-state index contributed by atoms with van der Waals surface area (Å²) in [5, 5.41) is 21.8. The first-order valence-corrected chi connectivity index (χ1v) is 11.4. The smallest absolute Gasteiger partial charge is 0.293 e. The van der Waals surface area contributed by atoms with E-state index in [1.807, 2.05) is 12.1 Å². The molecule has 0 unspecified atom stereocenters. The second-order valence-electron chi connectivity index (χ2n) is 7.30. The monoisotopic (exact) mass is 447 g/mol. The number of amides is 1. The Morgan fingerprint density at radius 2 is 1.81 bits per heavy atom. The molecule has 4 N–H and O–H groups in total. The Hall–Kier alpha value is -3.18. The molecule has 1 aliphatic heterocycles. The van der Waals surface area contributed by atoms with Crippen molar-refractivity contribution in [1.29, 1.82) is 0 Å². The van der Waals surface area contributed by atoms with Gasteiger partial charge in [-0.25, -0.2) is 13.6 Å². The highest BCUT2D eigenvalue weighted by Crippen LogP contribution is 2.27. The minimum atomic E-state index is -4.05. The van der Waals surface area contributed by atoms with Crippen LogP contribution in [0.15, 0.2) is 47.4 Å². The number of carbonyl (C=O) groups is 1. The molecule has 1 fully saturated rings. The van der Waals surface area contributed by atoms with Crippen LogP contribution < -0.4 is 20.7 Å². The molecule has 1 heterocycles. The van der Waals surface area contributed by atoms with Crippen LogP contribution in [0, 0.1) is 10.1 Å². The van der Waals surface area contributed by atoms with E-state index in [1.54, 1.807) is 0 Å². The number of nitro benzene ring substituents is 1. The Balaban J connectivity index is 1.48. The molecular weight excluding hydrogens is 422 g/mol. The van der Waals surface area contributed by atoms with Gasteiger partial charge in [0.15, 0.2) is 0 Å². The third-order valence-electron chi connectivity index (χ3n) is 5.06. The summed E-state index contributed by atoms with van der Waals surface area (Å²) in [6.45, 7) is 2.69. The van der Waals surface area contributed by atoms with Gasteiger partial charge in [-0.15, -0.1) is 0 Å². The molecule has 3 rings (SSSR count). The summed E-state index contributed by atoms with van der Waals surface area (Å²) in [7, 11) is -4.05. The van der Waals surface area contributed by atoms with Crippen molar-refractivity contribution in [3.8, 4) is 0 Å². The van der Waals surface area contributed by atoms with Gasteiger partial charge < -0.3 is 15.5 Å². The highest BCUT2D eigenvalue weighted by molar-refractivity contribution is 7.89. The molecule has 0 atom stereocenters. The van der Waals surface area contributed by atoms with Crippen LogP contribution in [0.2, 0.25) is 0 Å². The number of nitro groups is 1. The van der Waals surface area contributed by atoms with Gasteiger partial charge in [0.1, 0.15) is 5.69 Å². The van der Waals surface area contributed by atoms with Crippen molar-refractivity contribution in [2.45, 2.75) is 30.7 Å². The molecule has 0 bridgehead atoms. The van der Waals surface area contributed by atoms with Gasteiger partial charge in [0.2, 0.25) is 15.9 Å². The minimum absolute atomic E-state index is 0.0972. The van der Waals surface area contributed by atoms with Crippen LogP contribution in [0.4, 0.5) is 17.1 Å². The zero-order valence-electron chi connectivity index (χ0n) is 16.9. The van der Waals surface area contributed by atoms with Crippen LogP contribution in [0.5, 0.6) is 0 Å². The van der Waals surface area contributed by atoms with Crippen LogP contribution >= 0.6 is 0 Å². The highest BCUT2D eigenvalue weighted by Gasteiger charge is 2.19. The molecule has 10 nitrogen and oxygen atoms in total. The van der Waals surface area contributed by atoms with Crippen LogP contribution in [-0.4, -0.2) is 38.9 Å². The summed E-state index contributed by atoms with van der Waals surface area (Å²) in [5.74, 6) is -0.208. The normalized spacial score (nSPS) is 13.8. The fourth-order valence-corrected chi connectivity index (χ4v) is 3.92. The first kappa shape index (κ1) is 22.5. The van der Waals surface area contributed by atoms with Crippen molar-refractivity contribution >= 4 is 33.0 Å². The van der Waals surface area contributed by atoms with Crippen molar-refractivity contribution in [2.75, 3.05) is 29.9 Å². The summed E-state index contributed by atoms with van der Waals surface area (Å²) in [6, 6.07) is 11.4. The molecule has 0 radical (unpaired) electrons. The van der Waals surface area contributed by atoms with Crippen molar-refractivity contribution in [3.63, 3.8) is 0 Å². The van der Waals surface area contributed by atoms with Crippen molar-refractivity contribution in [1.82, 2.24) is 5.32 Å². The number of nitrogens with two attached hydrogens (primary N) is 1. The molecule has 2 aromatic rings. The van der Waals surface area contributed by atoms with Gasteiger partial charge in [0.05, 0.1) is 9.82 Å². The quantitative estimate of drug-likeness (QED) is 0.393. The minimum Gasteiger partial charge on any atom is -0.379 e. The van der Waals surface area contributed by atoms with Gasteiger partial charge in [-0.2, -0.15) is 0 Å². The van der Waals surface area contributed by atoms with E-state index in [0.29, 0.717) is 6.54 Å². The summed E-state index contributed by atoms with van der Waals surface area (Å²) in [5.41, 5.74) is 1.86. The fraction of sp³-hybridized carbons (Fsp3) is 0.350. The van der Waals surface area contributed by atoms with Gasteiger partial charge in [0, 0.05) is 44.4 Å². The van der Waals surface area contributed by atoms with Gasteiger partial charge in [-0.05, 0) is 42.7 Å². The van der Waals surface area contributed by atoms with E-state index in [4.69, 9.17) is 5.14 Å². The van der Waals surface area contributed by atoms with Crippen molar-refractivity contribution < 1.29 is 18.1 Å². The Kier molecular flexibility index (Phi) is 7.08. The van der Waals surface area contributed by atoms with Crippen LogP contribution in [-0.2, 0) is 21.4 Å². The number of carbonyl (C=O) groups excluding carboxylic acids is 1. The lowest BCUT2D eigenvalue weighted by atomic mass is 10.2. The number of hydrogen-bond acceptors (Lipinski definition) is 7. The predicted octanol–water partition coefficient (Wildman–Crippen LogP) is 1.96. The molecular formula is C20H25N5O5S. The lowest BCUT2D eigenvalue weighted by Crippen LogP contribution is -2.25. The van der Waals surface area contributed by atoms with E-state index < -0.39 is 20.6 Å². The Morgan fingerprint density at radius 1 is 1.13 bits per heavy atom. The first-order chi connectivity index (χ1) is 14.7. The van der Waals surface area contributed by atoms with E-state index in [2.05, 4.69) is 27.7 Å². The van der Waals surface area contributed by atoms with E-state index >= 15 is 0 Å². The molecule has 0 aromatic heterocycles. The van der Waals surface area contributed by atoms with Gasteiger partial charge in [0.25, 0.3) is 5.69 Å². The van der Waals surface area contributed by atoms with Gasteiger partial charge in [-0.3, -0.25) is 14.9 Å². The summed E-state index contributed by atoms with van der Waals surface area (Å²) < 4.78 is 22.8. The average Bonchev–Trinajstić information content (AvgIpc) is 3.27. The Bertz CT molecular complexity index is 1050. The number of nitrogens with one attached hydrogen (secondary N) is 2. The number of hydrogen-bond donors (Lipinski definition) is 3. The molecule has 0 saturated carbocycles. The molecule has 0 aliphatic carbocycles. The van der Waals surface area contributed by atoms with Gasteiger partial charge >= 0.3 is 0 Å². The molecule has 31 heavy (non-hydrogen) atoms. The predicted molar refractivity (Wildman–Crippen MR) is 117 cm³/mol. The fourth-order valence-electron chi connectivity index (χ4n) is 3.39. The number of benzene rings is 2. The lowest BCUT2D eigenvalue weighted by molar-refractivity contribution is -0.384. The average molecular weight is 448 g/mol. The number of nitrogens with zero attached hydrogens (tertiary/aromatic N) is 2. The van der Waals surface area contributed by atoms with E-state index in [0.717, 1.165) is 24.7 Å². The van der Waals surface area contributed by atoms with Crippen molar-refractivity contribution in [3.05, 3.63) is 58.1 Å². The molecule has 11 heteroatoms. The van der Waals surface area contributed by atoms with E-state index in [9.17, 15) is 23.3 Å². The summed E-state index contributed by atoms with van der Waals surface area (Å²) >= 11 is 0. The largest absolute Gasteiger partial charge is 0.379 e. The van der Waals surface area contributed by atoms with Crippen LogP contribution in [0.3, 0.4) is 0 Å². The number of sulfonamides is 1. The SMILES string of the molecule is NS(=O)(=O)c1ccc(NCCC(=O)NCc2ccc(N3CCCC3)cc2)c([N+](=O)[O-])c1. The molecule has 1 saturated heterocycles. The third kappa shape index (κ3) is 6.15. The second-order valence-corrected chi connectivity index (χ2v) is 8.86. The maximum Gasteiger partial charge on any atom is 0.293 e. The van der Waals surface area contributed by atoms with Gasteiger partial charge in [-0.1, -0.05) is 12.1 Å². The zero-order chi connectivity index (χ0) is 22.4. The Morgan fingerprint density at radius 3 is 2.42 bits per heavy atom. The standard InChI is InChI=1S/C20H25N5O5S/c21-31(29,30)17-7-8-18(19(13-17)25(27)28)22-10-9-20(26)23-14-15-3-5-16(6-4-15)24-11-1-2-12-24/h3-8,13,22H,1-2,9-12,14H2,(H,23,26)(H2,21,29,30). The number of rotatable bonds is 9. The van der Waals surface area contributed by atoms with E-state index in [1.165, 1.54) is 30.7 Å². The first-order valence-electron chi connectivity index (χ1n) is 9.90. The molecule has 1 aliphatic rings. The maximum absolute atomic E-state index is 12.1. The number of primary sulfonamides is 1. The maximum atomic E-state index is 12.1. The number of anilines is 2.